The van der Waals surface area contributed by atoms with E-state index in [1.807, 2.05) is 27.7 Å². The lowest BCUT2D eigenvalue weighted by molar-refractivity contribution is -0.146. The van der Waals surface area contributed by atoms with E-state index in [1.54, 1.807) is 11.8 Å². The molecule has 0 spiro atoms. The standard InChI is InChI=1S/C17H28N2O5/c1-11-12(13(20)18-17(5)8-10-23-14(17)21)7-6-9-19(11)15(22)24-16(2,3)4/h11-12H,6-10H2,1-5H3,(H,18,20)/t11-,12-,17?/m1/s1. The third kappa shape index (κ3) is 3.99. The number of likely N-dealkylation sites (tertiary alicyclic amines) is 1. The Morgan fingerprint density at radius 3 is 2.58 bits per heavy atom. The summed E-state index contributed by atoms with van der Waals surface area (Å²) in [5.74, 6) is -0.975. The Morgan fingerprint density at radius 1 is 1.38 bits per heavy atom. The van der Waals surface area contributed by atoms with Crippen LogP contribution in [0.25, 0.3) is 0 Å². The molecule has 0 radical (unpaired) electrons. The Labute approximate surface area is 143 Å². The van der Waals surface area contributed by atoms with Crippen LogP contribution >= 0.6 is 0 Å². The molecule has 0 aromatic rings. The largest absolute Gasteiger partial charge is 0.464 e. The number of cyclic esters (lactones) is 1. The fourth-order valence-electron chi connectivity index (χ4n) is 3.16. The van der Waals surface area contributed by atoms with Gasteiger partial charge in [-0.15, -0.1) is 0 Å². The maximum absolute atomic E-state index is 12.7. The minimum atomic E-state index is -0.967. The molecule has 1 unspecified atom stereocenters. The van der Waals surface area contributed by atoms with E-state index in [-0.39, 0.29) is 17.9 Å². The van der Waals surface area contributed by atoms with E-state index < -0.39 is 23.2 Å². The minimum absolute atomic E-state index is 0.211. The van der Waals surface area contributed by atoms with Crippen LogP contribution in [0.4, 0.5) is 4.79 Å². The molecule has 2 aliphatic heterocycles. The third-order valence-corrected chi connectivity index (χ3v) is 4.64. The number of piperidine rings is 1. The van der Waals surface area contributed by atoms with E-state index in [1.165, 1.54) is 0 Å². The molecule has 2 aliphatic rings. The van der Waals surface area contributed by atoms with Crippen LogP contribution in [-0.4, -0.2) is 53.2 Å². The van der Waals surface area contributed by atoms with Gasteiger partial charge in [0.15, 0.2) is 0 Å². The van der Waals surface area contributed by atoms with Crippen LogP contribution in [0, 0.1) is 5.92 Å². The summed E-state index contributed by atoms with van der Waals surface area (Å²) in [5.41, 5.74) is -1.54. The van der Waals surface area contributed by atoms with Crippen molar-refractivity contribution in [2.45, 2.75) is 71.1 Å². The number of nitrogens with one attached hydrogen (secondary N) is 1. The lowest BCUT2D eigenvalue weighted by Crippen LogP contribution is -2.57. The molecule has 0 aromatic heterocycles. The minimum Gasteiger partial charge on any atom is -0.464 e. The van der Waals surface area contributed by atoms with Crippen molar-refractivity contribution in [2.75, 3.05) is 13.2 Å². The molecule has 2 amide bonds. The summed E-state index contributed by atoms with van der Waals surface area (Å²) in [4.78, 5) is 38.4. The Hall–Kier alpha value is -1.79. The highest BCUT2D eigenvalue weighted by Crippen LogP contribution is 2.27. The van der Waals surface area contributed by atoms with Gasteiger partial charge in [0, 0.05) is 19.0 Å². The van der Waals surface area contributed by atoms with Crippen molar-refractivity contribution in [3.05, 3.63) is 0 Å². The predicted molar refractivity (Wildman–Crippen MR) is 87.2 cm³/mol. The van der Waals surface area contributed by atoms with E-state index >= 15 is 0 Å². The monoisotopic (exact) mass is 340 g/mol. The molecule has 0 aliphatic carbocycles. The fraction of sp³-hybridized carbons (Fsp3) is 0.824. The summed E-state index contributed by atoms with van der Waals surface area (Å²) in [7, 11) is 0. The molecule has 24 heavy (non-hydrogen) atoms. The average molecular weight is 340 g/mol. The fourth-order valence-corrected chi connectivity index (χ4v) is 3.16. The molecular formula is C17H28N2O5. The van der Waals surface area contributed by atoms with E-state index in [0.717, 1.165) is 6.42 Å². The number of esters is 1. The molecule has 136 valence electrons. The van der Waals surface area contributed by atoms with Crippen LogP contribution in [0.15, 0.2) is 0 Å². The maximum atomic E-state index is 12.7. The SMILES string of the molecule is C[C@@H]1[C@H](C(=O)NC2(C)CCOC2=O)CCCN1C(=O)OC(C)(C)C. The average Bonchev–Trinajstić information content (AvgIpc) is 2.76. The van der Waals surface area contributed by atoms with Gasteiger partial charge < -0.3 is 19.7 Å². The van der Waals surface area contributed by atoms with Crippen molar-refractivity contribution in [3.8, 4) is 0 Å². The second kappa shape index (κ2) is 6.61. The number of ether oxygens (including phenoxy) is 2. The highest BCUT2D eigenvalue weighted by Gasteiger charge is 2.44. The van der Waals surface area contributed by atoms with Crippen molar-refractivity contribution in [1.82, 2.24) is 10.2 Å². The van der Waals surface area contributed by atoms with Crippen molar-refractivity contribution < 1.29 is 23.9 Å². The predicted octanol–water partition coefficient (Wildman–Crippen LogP) is 1.84. The van der Waals surface area contributed by atoms with Gasteiger partial charge in [-0.25, -0.2) is 9.59 Å². The van der Waals surface area contributed by atoms with E-state index in [9.17, 15) is 14.4 Å². The number of hydrogen-bond donors (Lipinski definition) is 1. The van der Waals surface area contributed by atoms with Crippen LogP contribution in [0.2, 0.25) is 0 Å². The van der Waals surface area contributed by atoms with Gasteiger partial charge >= 0.3 is 12.1 Å². The maximum Gasteiger partial charge on any atom is 0.410 e. The van der Waals surface area contributed by atoms with Crippen LogP contribution in [0.3, 0.4) is 0 Å². The summed E-state index contributed by atoms with van der Waals surface area (Å²) in [6.45, 7) is 9.86. The van der Waals surface area contributed by atoms with Gasteiger partial charge in [-0.05, 0) is 47.5 Å². The zero-order valence-corrected chi connectivity index (χ0v) is 15.2. The second-order valence-electron chi connectivity index (χ2n) is 7.87. The Balaban J connectivity index is 2.03. The van der Waals surface area contributed by atoms with Crippen LogP contribution in [0.1, 0.15) is 53.9 Å². The molecule has 2 saturated heterocycles. The van der Waals surface area contributed by atoms with Gasteiger partial charge in [-0.3, -0.25) is 4.79 Å². The molecule has 0 bridgehead atoms. The summed E-state index contributed by atoms with van der Waals surface area (Å²) in [6, 6.07) is -0.283. The smallest absolute Gasteiger partial charge is 0.410 e. The Bertz CT molecular complexity index is 528. The molecule has 2 rings (SSSR count). The van der Waals surface area contributed by atoms with Crippen LogP contribution in [0.5, 0.6) is 0 Å². The first-order valence-corrected chi connectivity index (χ1v) is 8.52. The molecule has 7 heteroatoms. The first kappa shape index (κ1) is 18.5. The van der Waals surface area contributed by atoms with Gasteiger partial charge in [0.2, 0.25) is 5.91 Å². The second-order valence-corrected chi connectivity index (χ2v) is 7.87. The lowest BCUT2D eigenvalue weighted by Gasteiger charge is -2.39. The zero-order chi connectivity index (χ0) is 18.1. The number of rotatable bonds is 2. The van der Waals surface area contributed by atoms with Gasteiger partial charge in [-0.1, -0.05) is 0 Å². The van der Waals surface area contributed by atoms with Gasteiger partial charge in [0.1, 0.15) is 11.1 Å². The van der Waals surface area contributed by atoms with E-state index in [4.69, 9.17) is 9.47 Å². The van der Waals surface area contributed by atoms with E-state index in [2.05, 4.69) is 5.32 Å². The first-order valence-electron chi connectivity index (χ1n) is 8.52. The molecule has 1 N–H and O–H groups in total. The molecule has 2 heterocycles. The molecule has 7 nitrogen and oxygen atoms in total. The van der Waals surface area contributed by atoms with Crippen molar-refractivity contribution in [2.24, 2.45) is 5.92 Å². The summed E-state index contributed by atoms with van der Waals surface area (Å²) in [6.07, 6.45) is 1.47. The van der Waals surface area contributed by atoms with Crippen LogP contribution in [-0.2, 0) is 19.1 Å². The topological polar surface area (TPSA) is 84.9 Å². The molecule has 0 aromatic carbocycles. The molecule has 0 saturated carbocycles. The van der Waals surface area contributed by atoms with Crippen molar-refractivity contribution in [3.63, 3.8) is 0 Å². The summed E-state index contributed by atoms with van der Waals surface area (Å²) < 4.78 is 10.4. The van der Waals surface area contributed by atoms with Gasteiger partial charge in [0.05, 0.1) is 12.5 Å². The Kier molecular flexibility index (Phi) is 5.11. The van der Waals surface area contributed by atoms with Crippen LogP contribution < -0.4 is 5.32 Å². The van der Waals surface area contributed by atoms with Crippen molar-refractivity contribution >= 4 is 18.0 Å². The highest BCUT2D eigenvalue weighted by atomic mass is 16.6. The Morgan fingerprint density at radius 2 is 2.04 bits per heavy atom. The van der Waals surface area contributed by atoms with E-state index in [0.29, 0.717) is 26.0 Å². The number of nitrogens with zero attached hydrogens (tertiary/aromatic N) is 1. The first-order chi connectivity index (χ1) is 11.0. The normalized spacial score (nSPS) is 30.7. The van der Waals surface area contributed by atoms with Crippen molar-refractivity contribution in [1.29, 1.82) is 0 Å². The highest BCUT2D eigenvalue weighted by molar-refractivity contribution is 5.90. The molecular weight excluding hydrogens is 312 g/mol. The van der Waals surface area contributed by atoms with Gasteiger partial charge in [0.25, 0.3) is 0 Å². The summed E-state index contributed by atoms with van der Waals surface area (Å²) >= 11 is 0. The van der Waals surface area contributed by atoms with Gasteiger partial charge in [-0.2, -0.15) is 0 Å². The number of amides is 2. The number of hydrogen-bond acceptors (Lipinski definition) is 5. The molecule has 2 fully saturated rings. The number of carbonyl (C=O) groups is 3. The zero-order valence-electron chi connectivity index (χ0n) is 15.2. The quantitative estimate of drug-likeness (QED) is 0.775. The third-order valence-electron chi connectivity index (χ3n) is 4.64. The summed E-state index contributed by atoms with van der Waals surface area (Å²) in [5, 5.41) is 2.82. The molecule has 3 atom stereocenters. The lowest BCUT2D eigenvalue weighted by atomic mass is 9.88. The number of carbonyl (C=O) groups excluding carboxylic acids is 3.